The molecular formula is C4H9F3N2. The summed E-state index contributed by atoms with van der Waals surface area (Å²) in [7, 11) is 0.965. The lowest BCUT2D eigenvalue weighted by Gasteiger charge is -2.18. The molecule has 0 aromatic rings. The second-order valence-corrected chi connectivity index (χ2v) is 1.68. The number of nitrogens with zero attached hydrogens (tertiary/aromatic N) is 1. The molecule has 0 aliphatic carbocycles. The van der Waals surface area contributed by atoms with Gasteiger partial charge in [0, 0.05) is 13.1 Å². The number of likely N-dealkylation sites (N-methyl/N-ethyl adjacent to an activating group) is 1. The summed E-state index contributed by atoms with van der Waals surface area (Å²) in [6.45, 7) is -0.125. The molecule has 2 N–H and O–H groups in total. The Bertz CT molecular complexity index is 80.4. The number of hydrogen-bond donors (Lipinski definition) is 1. The van der Waals surface area contributed by atoms with E-state index in [1.54, 1.807) is 0 Å². The Balaban J connectivity index is 3.59. The summed E-state index contributed by atoms with van der Waals surface area (Å²) in [5.41, 5.74) is 4.88. The first-order valence-corrected chi connectivity index (χ1v) is 2.46. The van der Waals surface area contributed by atoms with E-state index in [9.17, 15) is 13.2 Å². The van der Waals surface area contributed by atoms with Crippen molar-refractivity contribution in [1.82, 2.24) is 4.90 Å². The third-order valence-electron chi connectivity index (χ3n) is 0.897. The minimum Gasteiger partial charge on any atom is -0.329 e. The maximum atomic E-state index is 11.5. The van der Waals surface area contributed by atoms with E-state index < -0.39 is 6.30 Å². The van der Waals surface area contributed by atoms with Gasteiger partial charge < -0.3 is 5.73 Å². The molecule has 0 aromatic carbocycles. The summed E-state index contributed by atoms with van der Waals surface area (Å²) in [4.78, 5) is 0.243. The van der Waals surface area contributed by atoms with Gasteiger partial charge in [-0.2, -0.15) is 13.2 Å². The van der Waals surface area contributed by atoms with Crippen LogP contribution in [0, 0.1) is 0 Å². The molecule has 0 unspecified atom stereocenters. The largest absolute Gasteiger partial charge is 0.459 e. The number of alkyl halides is 3. The van der Waals surface area contributed by atoms with Crippen molar-refractivity contribution in [3.8, 4) is 0 Å². The number of nitrogens with two attached hydrogens (primary N) is 1. The van der Waals surface area contributed by atoms with E-state index >= 15 is 0 Å². The molecule has 0 aliphatic heterocycles. The average Bonchev–Trinajstić information content (AvgIpc) is 1.64. The monoisotopic (exact) mass is 142 g/mol. The number of halogens is 3. The Morgan fingerprint density at radius 2 is 1.89 bits per heavy atom. The molecule has 0 saturated heterocycles. The van der Waals surface area contributed by atoms with E-state index in [0.717, 1.165) is 7.05 Å². The van der Waals surface area contributed by atoms with Crippen LogP contribution in [0.15, 0.2) is 0 Å². The van der Waals surface area contributed by atoms with Crippen LogP contribution in [-0.2, 0) is 0 Å². The zero-order chi connectivity index (χ0) is 7.49. The van der Waals surface area contributed by atoms with Crippen LogP contribution in [0.3, 0.4) is 0 Å². The highest BCUT2D eigenvalue weighted by Crippen LogP contribution is 2.17. The fourth-order valence-electron chi connectivity index (χ4n) is 0.320. The molecule has 0 heterocycles. The zero-order valence-electron chi connectivity index (χ0n) is 5.07. The summed E-state index contributed by atoms with van der Waals surface area (Å²) < 4.78 is 34.5. The molecule has 0 fully saturated rings. The van der Waals surface area contributed by atoms with Gasteiger partial charge in [-0.25, -0.2) is 4.90 Å². The van der Waals surface area contributed by atoms with Crippen LogP contribution in [0.4, 0.5) is 13.2 Å². The van der Waals surface area contributed by atoms with Crippen LogP contribution in [0.2, 0.25) is 0 Å². The van der Waals surface area contributed by atoms with Crippen molar-refractivity contribution in [2.24, 2.45) is 5.73 Å². The van der Waals surface area contributed by atoms with E-state index in [1.165, 1.54) is 0 Å². The SMILES string of the molecule is CN(CCN)C(F)(F)F. The minimum atomic E-state index is -4.24. The third kappa shape index (κ3) is 3.31. The lowest BCUT2D eigenvalue weighted by Crippen LogP contribution is -2.37. The first-order chi connectivity index (χ1) is 3.98. The Kier molecular flexibility index (Phi) is 2.93. The molecule has 9 heavy (non-hydrogen) atoms. The van der Waals surface area contributed by atoms with Crippen molar-refractivity contribution in [2.75, 3.05) is 20.1 Å². The topological polar surface area (TPSA) is 29.3 Å². The molecule has 0 bridgehead atoms. The van der Waals surface area contributed by atoms with Crippen LogP contribution in [0.1, 0.15) is 0 Å². The highest BCUT2D eigenvalue weighted by atomic mass is 19.4. The molecule has 0 rings (SSSR count). The van der Waals surface area contributed by atoms with E-state index in [0.29, 0.717) is 0 Å². The van der Waals surface area contributed by atoms with Crippen molar-refractivity contribution in [3.63, 3.8) is 0 Å². The van der Waals surface area contributed by atoms with Crippen LogP contribution in [0.5, 0.6) is 0 Å². The predicted octanol–water partition coefficient (Wildman–Crippen LogP) is 0.397. The van der Waals surface area contributed by atoms with Gasteiger partial charge in [0.05, 0.1) is 0 Å². The molecule has 0 amide bonds. The smallest absolute Gasteiger partial charge is 0.329 e. The molecule has 56 valence electrons. The molecule has 2 nitrogen and oxygen atoms in total. The van der Waals surface area contributed by atoms with E-state index in [1.807, 2.05) is 0 Å². The quantitative estimate of drug-likeness (QED) is 0.565. The lowest BCUT2D eigenvalue weighted by atomic mass is 10.6. The highest BCUT2D eigenvalue weighted by molar-refractivity contribution is 4.52. The van der Waals surface area contributed by atoms with E-state index in [-0.39, 0.29) is 18.0 Å². The minimum absolute atomic E-state index is 0.0238. The van der Waals surface area contributed by atoms with Gasteiger partial charge in [0.1, 0.15) is 0 Å². The maximum absolute atomic E-state index is 11.5. The molecule has 0 radical (unpaired) electrons. The Morgan fingerprint density at radius 1 is 1.44 bits per heavy atom. The van der Waals surface area contributed by atoms with Gasteiger partial charge in [0.2, 0.25) is 0 Å². The van der Waals surface area contributed by atoms with Gasteiger partial charge in [-0.3, -0.25) is 0 Å². The summed E-state index contributed by atoms with van der Waals surface area (Å²) in [5.74, 6) is 0. The van der Waals surface area contributed by atoms with Gasteiger partial charge in [0.15, 0.2) is 0 Å². The molecule has 0 aliphatic rings. The first kappa shape index (κ1) is 8.71. The molecule has 0 atom stereocenters. The van der Waals surface area contributed by atoms with Crippen LogP contribution >= 0.6 is 0 Å². The van der Waals surface area contributed by atoms with Crippen molar-refractivity contribution in [3.05, 3.63) is 0 Å². The summed E-state index contributed by atoms with van der Waals surface area (Å²) >= 11 is 0. The van der Waals surface area contributed by atoms with Crippen molar-refractivity contribution < 1.29 is 13.2 Å². The fraction of sp³-hybridized carbons (Fsp3) is 1.00. The van der Waals surface area contributed by atoms with Crippen LogP contribution in [0.25, 0.3) is 0 Å². The summed E-state index contributed by atoms with van der Waals surface area (Å²) in [6.07, 6.45) is -4.24. The predicted molar refractivity (Wildman–Crippen MR) is 27.7 cm³/mol. The van der Waals surface area contributed by atoms with Crippen LogP contribution < -0.4 is 5.73 Å². The van der Waals surface area contributed by atoms with E-state index in [2.05, 4.69) is 0 Å². The fourth-order valence-corrected chi connectivity index (χ4v) is 0.320. The zero-order valence-corrected chi connectivity index (χ0v) is 5.07. The van der Waals surface area contributed by atoms with Crippen LogP contribution in [-0.4, -0.2) is 31.3 Å². The standard InChI is InChI=1S/C4H9F3N2/c1-9(3-2-8)4(5,6)7/h2-3,8H2,1H3. The van der Waals surface area contributed by atoms with Crippen molar-refractivity contribution in [1.29, 1.82) is 0 Å². The second kappa shape index (κ2) is 3.03. The Morgan fingerprint density at radius 3 is 2.00 bits per heavy atom. The molecular weight excluding hydrogens is 133 g/mol. The van der Waals surface area contributed by atoms with Crippen molar-refractivity contribution >= 4 is 0 Å². The second-order valence-electron chi connectivity index (χ2n) is 1.68. The average molecular weight is 142 g/mol. The van der Waals surface area contributed by atoms with Crippen molar-refractivity contribution in [2.45, 2.75) is 6.30 Å². The van der Waals surface area contributed by atoms with Gasteiger partial charge in [-0.05, 0) is 7.05 Å². The Labute approximate surface area is 51.4 Å². The van der Waals surface area contributed by atoms with Gasteiger partial charge >= 0.3 is 6.30 Å². The summed E-state index contributed by atoms with van der Waals surface area (Å²) in [5, 5.41) is 0. The van der Waals surface area contributed by atoms with E-state index in [4.69, 9.17) is 5.73 Å². The molecule has 0 aromatic heterocycles. The normalized spacial score (nSPS) is 12.7. The van der Waals surface area contributed by atoms with Gasteiger partial charge in [-0.15, -0.1) is 0 Å². The third-order valence-corrected chi connectivity index (χ3v) is 0.897. The highest BCUT2D eigenvalue weighted by Gasteiger charge is 2.32. The lowest BCUT2D eigenvalue weighted by molar-refractivity contribution is -0.235. The van der Waals surface area contributed by atoms with Gasteiger partial charge in [0.25, 0.3) is 0 Å². The van der Waals surface area contributed by atoms with Gasteiger partial charge in [-0.1, -0.05) is 0 Å². The number of rotatable bonds is 2. The Hall–Kier alpha value is -0.290. The first-order valence-electron chi connectivity index (χ1n) is 2.46. The molecule has 0 spiro atoms. The summed E-state index contributed by atoms with van der Waals surface area (Å²) in [6, 6.07) is 0. The molecule has 5 heteroatoms. The number of hydrogen-bond acceptors (Lipinski definition) is 2. The molecule has 0 saturated carbocycles. The maximum Gasteiger partial charge on any atom is 0.459 e.